The van der Waals surface area contributed by atoms with E-state index in [4.69, 9.17) is 9.47 Å². The molecule has 25 heavy (non-hydrogen) atoms. The second-order valence-corrected chi connectivity index (χ2v) is 9.66. The van der Waals surface area contributed by atoms with Crippen LogP contribution in [0.5, 0.6) is 0 Å². The lowest BCUT2D eigenvalue weighted by molar-refractivity contribution is -0.143. The lowest BCUT2D eigenvalue weighted by Crippen LogP contribution is -2.59. The summed E-state index contributed by atoms with van der Waals surface area (Å²) >= 11 is 0. The fourth-order valence-corrected chi connectivity index (χ4v) is 6.96. The minimum atomic E-state index is -0.685. The predicted octanol–water partition coefficient (Wildman–Crippen LogP) is 3.27. The van der Waals surface area contributed by atoms with E-state index >= 15 is 0 Å². The zero-order chi connectivity index (χ0) is 18.3. The van der Waals surface area contributed by atoms with Crippen LogP contribution in [0, 0.1) is 22.7 Å². The summed E-state index contributed by atoms with van der Waals surface area (Å²) in [5, 5.41) is 11.3. The first kappa shape index (κ1) is 17.7. The van der Waals surface area contributed by atoms with Crippen LogP contribution in [0.25, 0.3) is 0 Å². The lowest BCUT2D eigenvalue weighted by Gasteiger charge is -2.54. The molecule has 0 aromatic rings. The summed E-state index contributed by atoms with van der Waals surface area (Å²) < 4.78 is 12.3. The number of carbonyl (C=O) groups excluding carboxylic acids is 1. The Labute approximate surface area is 151 Å². The first-order valence-electron chi connectivity index (χ1n) is 9.79. The molecule has 0 amide bonds. The molecule has 7 atom stereocenters. The molecule has 4 nitrogen and oxygen atoms in total. The van der Waals surface area contributed by atoms with E-state index < -0.39 is 12.2 Å². The van der Waals surface area contributed by atoms with Crippen LogP contribution in [0.4, 0.5) is 0 Å². The second kappa shape index (κ2) is 5.17. The van der Waals surface area contributed by atoms with Crippen LogP contribution in [-0.2, 0) is 14.3 Å². The Hall–Kier alpha value is -0.710. The van der Waals surface area contributed by atoms with Gasteiger partial charge in [-0.05, 0) is 43.4 Å². The number of aliphatic hydroxyl groups is 1. The van der Waals surface area contributed by atoms with Gasteiger partial charge in [0.15, 0.2) is 0 Å². The van der Waals surface area contributed by atoms with E-state index in [2.05, 4.69) is 27.7 Å². The first-order valence-corrected chi connectivity index (χ1v) is 9.79. The van der Waals surface area contributed by atoms with E-state index in [1.165, 1.54) is 6.42 Å². The van der Waals surface area contributed by atoms with Gasteiger partial charge in [0.05, 0.1) is 6.10 Å². The van der Waals surface area contributed by atoms with Gasteiger partial charge in [-0.15, -0.1) is 0 Å². The Balaban J connectivity index is 1.84. The Bertz CT molecular complexity index is 627. The number of carbonyl (C=O) groups is 1. The highest BCUT2D eigenvalue weighted by Crippen LogP contribution is 2.80. The van der Waals surface area contributed by atoms with Crippen molar-refractivity contribution in [3.8, 4) is 0 Å². The summed E-state index contributed by atoms with van der Waals surface area (Å²) in [5.74, 6) is 0.679. The van der Waals surface area contributed by atoms with E-state index in [0.29, 0.717) is 11.5 Å². The summed E-state index contributed by atoms with van der Waals surface area (Å²) in [7, 11) is 1.59. The number of ether oxygens (including phenoxy) is 2. The van der Waals surface area contributed by atoms with Crippen LogP contribution in [0.15, 0.2) is 11.6 Å². The molecular formula is C21H32O4. The van der Waals surface area contributed by atoms with Crippen molar-refractivity contribution >= 4 is 6.29 Å². The number of epoxide rings is 1. The van der Waals surface area contributed by atoms with Gasteiger partial charge >= 0.3 is 0 Å². The maximum atomic E-state index is 11.6. The highest BCUT2D eigenvalue weighted by atomic mass is 16.6. The highest BCUT2D eigenvalue weighted by molar-refractivity contribution is 5.75. The molecule has 3 fully saturated rings. The van der Waals surface area contributed by atoms with E-state index in [1.54, 1.807) is 7.11 Å². The van der Waals surface area contributed by atoms with Crippen molar-refractivity contribution in [2.45, 2.75) is 83.2 Å². The molecule has 0 aromatic carbocycles. The number of aliphatic hydroxyl groups excluding tert-OH is 1. The third kappa shape index (κ3) is 1.81. The van der Waals surface area contributed by atoms with Gasteiger partial charge in [0.1, 0.15) is 23.6 Å². The summed E-state index contributed by atoms with van der Waals surface area (Å²) in [6, 6.07) is 0. The largest absolute Gasteiger partial charge is 0.389 e. The topological polar surface area (TPSA) is 59.1 Å². The predicted molar refractivity (Wildman–Crippen MR) is 95.1 cm³/mol. The van der Waals surface area contributed by atoms with E-state index in [0.717, 1.165) is 32.0 Å². The first-order chi connectivity index (χ1) is 11.7. The van der Waals surface area contributed by atoms with Gasteiger partial charge in [-0.2, -0.15) is 0 Å². The molecule has 1 N–H and O–H groups in total. The Morgan fingerprint density at radius 3 is 2.52 bits per heavy atom. The van der Waals surface area contributed by atoms with Gasteiger partial charge in [0, 0.05) is 24.0 Å². The number of rotatable bonds is 3. The van der Waals surface area contributed by atoms with Crippen LogP contribution < -0.4 is 0 Å². The third-order valence-corrected chi connectivity index (χ3v) is 8.58. The number of methoxy groups -OCH3 is 1. The standard InChI is InChI=1S/C21H32O4/c1-13(2)20-11-9-18(3)8-10-19(4)15(21(18,20)25-20)7-6-14(12-22)16(24-5)17(19)23/h6,12-13,15-17,23H,7-11H2,1-5H3/t15-,16+,17-,18-,19+,20-,21+/m0/s1. The molecule has 1 saturated heterocycles. The molecule has 1 spiro atoms. The monoisotopic (exact) mass is 348 g/mol. The van der Waals surface area contributed by atoms with E-state index in [-0.39, 0.29) is 27.9 Å². The van der Waals surface area contributed by atoms with Crippen molar-refractivity contribution in [1.29, 1.82) is 0 Å². The SMILES string of the molecule is CO[C@@H]1C(C=O)=CC[C@H]2[C@@](C)(CC[C@@]3(C)CC[C@@]4(C(C)C)O[C@]234)[C@H]1O. The van der Waals surface area contributed by atoms with Gasteiger partial charge < -0.3 is 14.6 Å². The van der Waals surface area contributed by atoms with Crippen molar-refractivity contribution in [2.75, 3.05) is 7.11 Å². The van der Waals surface area contributed by atoms with Crippen molar-refractivity contribution in [3.63, 3.8) is 0 Å². The zero-order valence-electron chi connectivity index (χ0n) is 16.2. The van der Waals surface area contributed by atoms with Gasteiger partial charge in [-0.3, -0.25) is 4.79 Å². The molecule has 4 rings (SSSR count). The Morgan fingerprint density at radius 2 is 1.96 bits per heavy atom. The Morgan fingerprint density at radius 1 is 1.28 bits per heavy atom. The second-order valence-electron chi connectivity index (χ2n) is 9.66. The number of hydrogen-bond donors (Lipinski definition) is 1. The highest BCUT2D eigenvalue weighted by Gasteiger charge is 2.86. The molecule has 2 saturated carbocycles. The van der Waals surface area contributed by atoms with Crippen molar-refractivity contribution in [3.05, 3.63) is 11.6 Å². The van der Waals surface area contributed by atoms with Crippen LogP contribution in [0.3, 0.4) is 0 Å². The number of allylic oxidation sites excluding steroid dienone is 1. The lowest BCUT2D eigenvalue weighted by atomic mass is 9.49. The molecule has 3 aliphatic carbocycles. The third-order valence-electron chi connectivity index (χ3n) is 8.58. The van der Waals surface area contributed by atoms with E-state index in [1.807, 2.05) is 6.08 Å². The average molecular weight is 348 g/mol. The van der Waals surface area contributed by atoms with Crippen LogP contribution in [0.2, 0.25) is 0 Å². The number of aldehydes is 1. The summed E-state index contributed by atoms with van der Waals surface area (Å²) in [6.45, 7) is 9.11. The zero-order valence-corrected chi connectivity index (χ0v) is 16.2. The average Bonchev–Trinajstić information content (AvgIpc) is 3.22. The van der Waals surface area contributed by atoms with Crippen LogP contribution in [-0.4, -0.2) is 41.9 Å². The molecule has 4 heteroatoms. The Kier molecular flexibility index (Phi) is 3.66. The molecule has 0 unspecified atom stereocenters. The van der Waals surface area contributed by atoms with Gasteiger partial charge in [-0.1, -0.05) is 33.8 Å². The van der Waals surface area contributed by atoms with Gasteiger partial charge in [0.25, 0.3) is 0 Å². The van der Waals surface area contributed by atoms with Crippen molar-refractivity contribution < 1.29 is 19.4 Å². The maximum absolute atomic E-state index is 11.6. The van der Waals surface area contributed by atoms with Crippen LogP contribution >= 0.6 is 0 Å². The molecule has 4 aliphatic rings. The quantitative estimate of drug-likeness (QED) is 0.628. The molecule has 0 bridgehead atoms. The maximum Gasteiger partial charge on any atom is 0.148 e. The normalized spacial score (nSPS) is 54.2. The molecular weight excluding hydrogens is 316 g/mol. The minimum absolute atomic E-state index is 0.0596. The van der Waals surface area contributed by atoms with Gasteiger partial charge in [-0.25, -0.2) is 0 Å². The smallest absolute Gasteiger partial charge is 0.148 e. The van der Waals surface area contributed by atoms with Crippen molar-refractivity contribution in [1.82, 2.24) is 0 Å². The molecule has 140 valence electrons. The fraction of sp³-hybridized carbons (Fsp3) is 0.857. The summed E-state index contributed by atoms with van der Waals surface area (Å²) in [5.41, 5.74) is 0.217. The van der Waals surface area contributed by atoms with Crippen molar-refractivity contribution in [2.24, 2.45) is 22.7 Å². The summed E-state index contributed by atoms with van der Waals surface area (Å²) in [6.07, 6.45) is 6.75. The minimum Gasteiger partial charge on any atom is -0.389 e. The van der Waals surface area contributed by atoms with Crippen LogP contribution in [0.1, 0.15) is 59.8 Å². The fourth-order valence-electron chi connectivity index (χ4n) is 6.96. The molecule has 0 radical (unpaired) electrons. The summed E-state index contributed by atoms with van der Waals surface area (Å²) in [4.78, 5) is 11.6. The number of fused-ring (bicyclic) bond motifs is 1. The number of hydrogen-bond acceptors (Lipinski definition) is 4. The molecule has 1 aliphatic heterocycles. The molecule has 0 aromatic heterocycles. The molecule has 1 heterocycles. The van der Waals surface area contributed by atoms with E-state index in [9.17, 15) is 9.90 Å². The van der Waals surface area contributed by atoms with Gasteiger partial charge in [0.2, 0.25) is 0 Å².